The first kappa shape index (κ1) is 27.3. The summed E-state index contributed by atoms with van der Waals surface area (Å²) in [5.74, 6) is 1.11. The smallest absolute Gasteiger partial charge is 0.261 e. The molecule has 0 radical (unpaired) electrons. The van der Waals surface area contributed by atoms with E-state index in [-0.39, 0.29) is 25.0 Å². The summed E-state index contributed by atoms with van der Waals surface area (Å²) in [5, 5.41) is 2.72. The highest BCUT2D eigenvalue weighted by atomic mass is 79.9. The predicted octanol–water partition coefficient (Wildman–Crippen LogP) is 5.35. The molecule has 0 fully saturated rings. The molecule has 3 aromatic carbocycles. The Bertz CT molecular complexity index is 1170. The second-order valence-corrected chi connectivity index (χ2v) is 9.68. The normalized spacial score (nSPS) is 11.6. The number of methoxy groups -OCH3 is 1. The van der Waals surface area contributed by atoms with Gasteiger partial charge in [0.2, 0.25) is 5.91 Å². The third-order valence-electron chi connectivity index (χ3n) is 5.98. The lowest BCUT2D eigenvalue weighted by Gasteiger charge is -2.31. The first-order valence-corrected chi connectivity index (χ1v) is 12.7. The maximum Gasteiger partial charge on any atom is 0.261 e. The third kappa shape index (κ3) is 7.34. The SMILES string of the molecule is CNC(=O)[C@H](Cc1ccccc1)N(Cc1cccc(OC)c1)C(=O)COc1ccc(C(C)C)cc1Br. The molecule has 0 aromatic heterocycles. The molecule has 7 heteroatoms. The summed E-state index contributed by atoms with van der Waals surface area (Å²) >= 11 is 3.55. The minimum atomic E-state index is -0.716. The molecule has 0 spiro atoms. The van der Waals surface area contributed by atoms with Gasteiger partial charge in [-0.1, -0.05) is 62.4 Å². The van der Waals surface area contributed by atoms with Gasteiger partial charge in [0.1, 0.15) is 17.5 Å². The number of amides is 2. The summed E-state index contributed by atoms with van der Waals surface area (Å²) in [6.45, 7) is 4.27. The van der Waals surface area contributed by atoms with Crippen LogP contribution in [0.5, 0.6) is 11.5 Å². The van der Waals surface area contributed by atoms with Crippen molar-refractivity contribution in [1.82, 2.24) is 10.2 Å². The van der Waals surface area contributed by atoms with Crippen LogP contribution in [0.4, 0.5) is 0 Å². The van der Waals surface area contributed by atoms with E-state index in [0.29, 0.717) is 23.8 Å². The molecule has 6 nitrogen and oxygen atoms in total. The number of likely N-dealkylation sites (N-methyl/N-ethyl adjacent to an activating group) is 1. The monoisotopic (exact) mass is 552 g/mol. The Morgan fingerprint density at radius 3 is 2.33 bits per heavy atom. The number of carbonyl (C=O) groups excluding carboxylic acids is 2. The molecular weight excluding hydrogens is 520 g/mol. The van der Waals surface area contributed by atoms with E-state index >= 15 is 0 Å². The molecule has 36 heavy (non-hydrogen) atoms. The van der Waals surface area contributed by atoms with Crippen molar-refractivity contribution >= 4 is 27.7 Å². The van der Waals surface area contributed by atoms with Gasteiger partial charge in [0.05, 0.1) is 11.6 Å². The average Bonchev–Trinajstić information content (AvgIpc) is 2.89. The van der Waals surface area contributed by atoms with Gasteiger partial charge in [0.15, 0.2) is 6.61 Å². The van der Waals surface area contributed by atoms with Crippen LogP contribution < -0.4 is 14.8 Å². The summed E-state index contributed by atoms with van der Waals surface area (Å²) in [7, 11) is 3.18. The topological polar surface area (TPSA) is 67.9 Å². The largest absolute Gasteiger partial charge is 0.497 e. The quantitative estimate of drug-likeness (QED) is 0.348. The number of nitrogens with one attached hydrogen (secondary N) is 1. The van der Waals surface area contributed by atoms with Gasteiger partial charge in [0, 0.05) is 20.0 Å². The number of halogens is 1. The first-order valence-electron chi connectivity index (χ1n) is 11.9. The highest BCUT2D eigenvalue weighted by molar-refractivity contribution is 9.10. The Labute approximate surface area is 221 Å². The van der Waals surface area contributed by atoms with Crippen LogP contribution in [0.2, 0.25) is 0 Å². The number of ether oxygens (including phenoxy) is 2. The Hall–Kier alpha value is -3.32. The summed E-state index contributed by atoms with van der Waals surface area (Å²) < 4.78 is 12.1. The fourth-order valence-corrected chi connectivity index (χ4v) is 4.41. The maximum absolute atomic E-state index is 13.6. The summed E-state index contributed by atoms with van der Waals surface area (Å²) in [4.78, 5) is 28.2. The van der Waals surface area contributed by atoms with Gasteiger partial charge >= 0.3 is 0 Å². The maximum atomic E-state index is 13.6. The molecule has 1 N–H and O–H groups in total. The van der Waals surface area contributed by atoms with Crippen LogP contribution in [0.15, 0.2) is 77.3 Å². The van der Waals surface area contributed by atoms with Crippen molar-refractivity contribution in [1.29, 1.82) is 0 Å². The van der Waals surface area contributed by atoms with Crippen LogP contribution in [0, 0.1) is 0 Å². The zero-order valence-electron chi connectivity index (χ0n) is 21.2. The molecule has 190 valence electrons. The van der Waals surface area contributed by atoms with Crippen molar-refractivity contribution < 1.29 is 19.1 Å². The van der Waals surface area contributed by atoms with Crippen molar-refractivity contribution in [3.8, 4) is 11.5 Å². The number of hydrogen-bond acceptors (Lipinski definition) is 4. The number of carbonyl (C=O) groups is 2. The van der Waals surface area contributed by atoms with Gasteiger partial charge in [0.25, 0.3) is 5.91 Å². The van der Waals surface area contributed by atoms with Gasteiger partial charge in [-0.15, -0.1) is 0 Å². The highest BCUT2D eigenvalue weighted by Crippen LogP contribution is 2.29. The molecule has 2 amide bonds. The Morgan fingerprint density at radius 2 is 1.69 bits per heavy atom. The molecule has 1 atom stereocenters. The fourth-order valence-electron chi connectivity index (χ4n) is 3.90. The molecule has 0 saturated heterocycles. The summed E-state index contributed by atoms with van der Waals surface area (Å²) in [6, 6.07) is 22.3. The van der Waals surface area contributed by atoms with Gasteiger partial charge < -0.3 is 19.7 Å². The van der Waals surface area contributed by atoms with E-state index in [1.165, 1.54) is 5.56 Å². The van der Waals surface area contributed by atoms with Crippen molar-refractivity contribution in [3.63, 3.8) is 0 Å². The van der Waals surface area contributed by atoms with E-state index in [1.54, 1.807) is 19.1 Å². The lowest BCUT2D eigenvalue weighted by atomic mass is 10.0. The minimum absolute atomic E-state index is 0.203. The van der Waals surface area contributed by atoms with E-state index in [1.807, 2.05) is 72.8 Å². The van der Waals surface area contributed by atoms with Crippen LogP contribution in [0.1, 0.15) is 36.5 Å². The summed E-state index contributed by atoms with van der Waals surface area (Å²) in [5.41, 5.74) is 2.98. The van der Waals surface area contributed by atoms with Crippen LogP contribution in [0.3, 0.4) is 0 Å². The van der Waals surface area contributed by atoms with Crippen molar-refractivity contribution in [2.45, 2.75) is 38.8 Å². The average molecular weight is 553 g/mol. The molecule has 0 unspecified atom stereocenters. The minimum Gasteiger partial charge on any atom is -0.497 e. The van der Waals surface area contributed by atoms with Crippen LogP contribution in [0.25, 0.3) is 0 Å². The lowest BCUT2D eigenvalue weighted by molar-refractivity contribution is -0.142. The van der Waals surface area contributed by atoms with Crippen LogP contribution in [-0.2, 0) is 22.6 Å². The molecule has 0 aliphatic rings. The highest BCUT2D eigenvalue weighted by Gasteiger charge is 2.30. The van der Waals surface area contributed by atoms with Gasteiger partial charge in [-0.3, -0.25) is 9.59 Å². The molecule has 3 aromatic rings. The van der Waals surface area contributed by atoms with Gasteiger partial charge in [-0.25, -0.2) is 0 Å². The second-order valence-electron chi connectivity index (χ2n) is 8.83. The number of hydrogen-bond donors (Lipinski definition) is 1. The van der Waals surface area contributed by atoms with Gasteiger partial charge in [-0.05, 0) is 62.8 Å². The third-order valence-corrected chi connectivity index (χ3v) is 6.60. The van der Waals surface area contributed by atoms with E-state index in [0.717, 1.165) is 15.6 Å². The Morgan fingerprint density at radius 1 is 0.972 bits per heavy atom. The van der Waals surface area contributed by atoms with Gasteiger partial charge in [-0.2, -0.15) is 0 Å². The molecule has 0 aliphatic heterocycles. The van der Waals surface area contributed by atoms with Crippen LogP contribution in [-0.4, -0.2) is 43.5 Å². The van der Waals surface area contributed by atoms with Crippen molar-refractivity contribution in [3.05, 3.63) is 94.0 Å². The number of rotatable bonds is 11. The van der Waals surface area contributed by atoms with E-state index < -0.39 is 6.04 Å². The van der Waals surface area contributed by atoms with E-state index in [4.69, 9.17) is 9.47 Å². The number of nitrogens with zero attached hydrogens (tertiary/aromatic N) is 1. The predicted molar refractivity (Wildman–Crippen MR) is 145 cm³/mol. The lowest BCUT2D eigenvalue weighted by Crippen LogP contribution is -2.51. The van der Waals surface area contributed by atoms with Crippen LogP contribution >= 0.6 is 15.9 Å². The van der Waals surface area contributed by atoms with Crippen molar-refractivity contribution in [2.75, 3.05) is 20.8 Å². The Balaban J connectivity index is 1.88. The van der Waals surface area contributed by atoms with Crippen molar-refractivity contribution in [2.24, 2.45) is 0 Å². The second kappa shape index (κ2) is 13.1. The van der Waals surface area contributed by atoms with E-state index in [2.05, 4.69) is 35.1 Å². The molecule has 0 saturated carbocycles. The molecule has 0 aliphatic carbocycles. The Kier molecular flexibility index (Phi) is 9.94. The standard InChI is InChI=1S/C29H33BrN2O4/c1-20(2)23-13-14-27(25(30)17-23)36-19-28(33)32(18-22-11-8-12-24(15-22)35-4)26(29(34)31-3)16-21-9-6-5-7-10-21/h5-15,17,20,26H,16,18-19H2,1-4H3,(H,31,34)/t26-/m0/s1. The molecule has 0 bridgehead atoms. The zero-order chi connectivity index (χ0) is 26.1. The molecular formula is C29H33BrN2O4. The molecule has 3 rings (SSSR count). The zero-order valence-corrected chi connectivity index (χ0v) is 22.7. The first-order chi connectivity index (χ1) is 17.3. The summed E-state index contributed by atoms with van der Waals surface area (Å²) in [6.07, 6.45) is 0.378. The number of benzene rings is 3. The van der Waals surface area contributed by atoms with E-state index in [9.17, 15) is 9.59 Å². The molecule has 0 heterocycles. The fraction of sp³-hybridized carbons (Fsp3) is 0.310.